The van der Waals surface area contributed by atoms with E-state index in [1.807, 2.05) is 12.1 Å². The van der Waals surface area contributed by atoms with Crippen molar-refractivity contribution in [1.29, 1.82) is 0 Å². The van der Waals surface area contributed by atoms with Gasteiger partial charge in [0.05, 0.1) is 44.5 Å². The zero-order valence-electron chi connectivity index (χ0n) is 43.5. The maximum atomic E-state index is 6.76. The predicted octanol–water partition coefficient (Wildman–Crippen LogP) is 21.0. The van der Waals surface area contributed by atoms with Gasteiger partial charge in [0.25, 0.3) is 0 Å². The van der Waals surface area contributed by atoms with Crippen LogP contribution >= 0.6 is 0 Å². The lowest BCUT2D eigenvalue weighted by atomic mass is 10.0. The third-order valence-electron chi connectivity index (χ3n) is 17.1. The summed E-state index contributed by atoms with van der Waals surface area (Å²) in [5.74, 6) is 0.835. The number of hydrogen-bond donors (Lipinski definition) is 0. The maximum absolute atomic E-state index is 6.76. The quantitative estimate of drug-likeness (QED) is 0.152. The van der Waals surface area contributed by atoms with Crippen molar-refractivity contribution in [1.82, 2.24) is 8.80 Å². The molecule has 0 aliphatic rings. The number of furan rings is 2. The van der Waals surface area contributed by atoms with Gasteiger partial charge in [-0.2, -0.15) is 0 Å². The van der Waals surface area contributed by atoms with Gasteiger partial charge in [-0.1, -0.05) is 161 Å². The predicted molar refractivity (Wildman–Crippen MR) is 328 cm³/mol. The van der Waals surface area contributed by atoms with Gasteiger partial charge in [-0.25, -0.2) is 0 Å². The molecule has 0 unspecified atom stereocenters. The molecule has 0 amide bonds. The molecule has 11 aromatic carbocycles. The number of fused-ring (bicyclic) bond motifs is 18. The van der Waals surface area contributed by atoms with E-state index in [0.717, 1.165) is 78.0 Å². The summed E-state index contributed by atoms with van der Waals surface area (Å²) in [5.41, 5.74) is 19.6. The van der Waals surface area contributed by atoms with Gasteiger partial charge < -0.3 is 27.4 Å². The van der Waals surface area contributed by atoms with Crippen LogP contribution in [0.5, 0.6) is 0 Å². The smallest absolute Gasteiger partial charge is 0.159 e. The van der Waals surface area contributed by atoms with Crippen LogP contribution in [-0.4, -0.2) is 8.80 Å². The number of benzene rings is 11. The standard InChI is InChI=1S/C72H50N4O2/c1-41(2)43-25-29-45(30-26-43)73(61-21-11-19-57-51-13-5-7-23-67(51)77-71(57)61)47-33-35-49-53-15-9-17-55-59-40-66-60(39-65(59)75(69(53)55)63(49)37-47)56-18-10-16-54-50-36-34-48(38-64(50)76(66)70(54)56)74(46-31-27-44(28-32-46)42(3)4)62-22-12-20-58-52-14-6-8-24-68(52)78-72(58)62/h5-42H,1-4H3. The first-order valence-electron chi connectivity index (χ1n) is 27.3. The van der Waals surface area contributed by atoms with E-state index in [-0.39, 0.29) is 0 Å². The fourth-order valence-corrected chi connectivity index (χ4v) is 13.4. The van der Waals surface area contributed by atoms with Gasteiger partial charge in [-0.05, 0) is 108 Å². The molecule has 6 heteroatoms. The number of rotatable bonds is 8. The first-order chi connectivity index (χ1) is 38.3. The SMILES string of the molecule is CC(C)c1ccc(N(c2ccc3c4cccc5c6cc7c(cc6n(c3c2)c45)c2cccc3c4ccc(N(c5ccc(C(C)C)cc5)c5cccc6c5oc5ccccc56)cc4n7c32)c2cccc3c2oc2ccccc23)cc1. The minimum atomic E-state index is 0.418. The number of anilines is 6. The second kappa shape index (κ2) is 15.9. The molecule has 0 saturated heterocycles. The Labute approximate surface area is 448 Å². The molecule has 0 spiro atoms. The average molecular weight is 1000 g/mol. The van der Waals surface area contributed by atoms with Gasteiger partial charge in [0.15, 0.2) is 11.2 Å². The highest BCUT2D eigenvalue weighted by Gasteiger charge is 2.27. The molecule has 0 radical (unpaired) electrons. The van der Waals surface area contributed by atoms with E-state index < -0.39 is 0 Å². The zero-order valence-corrected chi connectivity index (χ0v) is 43.5. The van der Waals surface area contributed by atoms with Crippen molar-refractivity contribution in [3.05, 3.63) is 230 Å². The Kier molecular flexibility index (Phi) is 8.85. The first-order valence-corrected chi connectivity index (χ1v) is 27.3. The van der Waals surface area contributed by atoms with Crippen molar-refractivity contribution in [2.45, 2.75) is 39.5 Å². The van der Waals surface area contributed by atoms with E-state index in [4.69, 9.17) is 8.83 Å². The minimum Gasteiger partial charge on any atom is -0.454 e. The van der Waals surface area contributed by atoms with Crippen LogP contribution < -0.4 is 9.80 Å². The Morgan fingerprint density at radius 3 is 1.06 bits per heavy atom. The van der Waals surface area contributed by atoms with Gasteiger partial charge in [-0.3, -0.25) is 0 Å². The lowest BCUT2D eigenvalue weighted by molar-refractivity contribution is 0.668. The fourth-order valence-electron chi connectivity index (χ4n) is 13.4. The summed E-state index contributed by atoms with van der Waals surface area (Å²) in [6.07, 6.45) is 0. The van der Waals surface area contributed by atoms with E-state index in [1.165, 1.54) is 87.3 Å². The van der Waals surface area contributed by atoms with E-state index in [0.29, 0.717) is 11.8 Å². The maximum Gasteiger partial charge on any atom is 0.159 e. The highest BCUT2D eigenvalue weighted by atomic mass is 16.3. The van der Waals surface area contributed by atoms with Crippen molar-refractivity contribution in [3.63, 3.8) is 0 Å². The van der Waals surface area contributed by atoms with E-state index >= 15 is 0 Å². The van der Waals surface area contributed by atoms with Crippen LogP contribution in [0.15, 0.2) is 227 Å². The average Bonchev–Trinajstić information content (AvgIpc) is 3.93. The Morgan fingerprint density at radius 2 is 0.641 bits per heavy atom. The molecule has 6 aromatic heterocycles. The monoisotopic (exact) mass is 1000 g/mol. The van der Waals surface area contributed by atoms with Crippen LogP contribution in [0.1, 0.15) is 50.7 Å². The third-order valence-corrected chi connectivity index (χ3v) is 17.1. The summed E-state index contributed by atoms with van der Waals surface area (Å²) in [5, 5.41) is 14.3. The van der Waals surface area contributed by atoms with Crippen molar-refractivity contribution in [2.75, 3.05) is 9.80 Å². The molecule has 0 aliphatic carbocycles. The molecule has 0 aliphatic heterocycles. The summed E-state index contributed by atoms with van der Waals surface area (Å²) in [6, 6.07) is 80.5. The minimum absolute atomic E-state index is 0.418. The second-order valence-corrected chi connectivity index (χ2v) is 22.0. The highest BCUT2D eigenvalue weighted by Crippen LogP contribution is 2.49. The van der Waals surface area contributed by atoms with E-state index in [2.05, 4.69) is 253 Å². The lowest BCUT2D eigenvalue weighted by Crippen LogP contribution is -2.10. The summed E-state index contributed by atoms with van der Waals surface area (Å²) >= 11 is 0. The van der Waals surface area contributed by atoms with Crippen molar-refractivity contribution in [2.24, 2.45) is 0 Å². The topological polar surface area (TPSA) is 41.6 Å². The van der Waals surface area contributed by atoms with Gasteiger partial charge >= 0.3 is 0 Å². The highest BCUT2D eigenvalue weighted by molar-refractivity contribution is 6.29. The van der Waals surface area contributed by atoms with Crippen LogP contribution in [0.4, 0.5) is 34.1 Å². The van der Waals surface area contributed by atoms with Crippen LogP contribution in [0.2, 0.25) is 0 Å². The summed E-state index contributed by atoms with van der Waals surface area (Å²) in [4.78, 5) is 4.76. The largest absolute Gasteiger partial charge is 0.454 e. The summed E-state index contributed by atoms with van der Waals surface area (Å²) < 4.78 is 18.6. The number of hydrogen-bond acceptors (Lipinski definition) is 4. The lowest BCUT2D eigenvalue weighted by Gasteiger charge is -2.26. The van der Waals surface area contributed by atoms with Crippen molar-refractivity contribution >= 4 is 154 Å². The molecule has 0 fully saturated rings. The number of para-hydroxylation sites is 6. The molecule has 78 heavy (non-hydrogen) atoms. The van der Waals surface area contributed by atoms with Crippen LogP contribution in [0.25, 0.3) is 120 Å². The molecule has 6 heterocycles. The molecule has 0 saturated carbocycles. The number of aromatic nitrogens is 2. The molecular formula is C72H50N4O2. The van der Waals surface area contributed by atoms with Gasteiger partial charge in [0.1, 0.15) is 11.2 Å². The zero-order chi connectivity index (χ0) is 51.7. The first kappa shape index (κ1) is 43.5. The molecule has 0 atom stereocenters. The number of nitrogens with zero attached hydrogens (tertiary/aromatic N) is 4. The fraction of sp³-hybridized carbons (Fsp3) is 0.0833. The Hall–Kier alpha value is -9.78. The Morgan fingerprint density at radius 1 is 0.295 bits per heavy atom. The third kappa shape index (κ3) is 5.92. The van der Waals surface area contributed by atoms with Gasteiger partial charge in [0.2, 0.25) is 0 Å². The van der Waals surface area contributed by atoms with Crippen molar-refractivity contribution in [3.8, 4) is 0 Å². The molecule has 0 bridgehead atoms. The van der Waals surface area contributed by atoms with Gasteiger partial charge in [0, 0.05) is 87.4 Å². The second-order valence-electron chi connectivity index (χ2n) is 22.0. The molecular weight excluding hydrogens is 953 g/mol. The van der Waals surface area contributed by atoms with Gasteiger partial charge in [-0.15, -0.1) is 0 Å². The van der Waals surface area contributed by atoms with E-state index in [9.17, 15) is 0 Å². The Bertz CT molecular complexity index is 4950. The van der Waals surface area contributed by atoms with Crippen LogP contribution in [0.3, 0.4) is 0 Å². The summed E-state index contributed by atoms with van der Waals surface area (Å²) in [6.45, 7) is 9.01. The normalized spacial score (nSPS) is 12.6. The van der Waals surface area contributed by atoms with Crippen LogP contribution in [0, 0.1) is 0 Å². The van der Waals surface area contributed by atoms with Crippen molar-refractivity contribution < 1.29 is 8.83 Å². The molecule has 17 aromatic rings. The van der Waals surface area contributed by atoms with E-state index in [1.54, 1.807) is 0 Å². The molecule has 17 rings (SSSR count). The Balaban J connectivity index is 0.896. The molecule has 0 N–H and O–H groups in total. The molecule has 370 valence electrons. The summed E-state index contributed by atoms with van der Waals surface area (Å²) in [7, 11) is 0. The molecule has 6 nitrogen and oxygen atoms in total. The van der Waals surface area contributed by atoms with Crippen LogP contribution in [-0.2, 0) is 0 Å².